The summed E-state index contributed by atoms with van der Waals surface area (Å²) in [6.45, 7) is 0. The van der Waals surface area contributed by atoms with Crippen LogP contribution in [0.4, 0.5) is 0 Å². The molecule has 0 bridgehead atoms. The Bertz CT molecular complexity index is 316. The van der Waals surface area contributed by atoms with Crippen molar-refractivity contribution in [2.45, 2.75) is 38.1 Å². The molecule has 0 aromatic carbocycles. The van der Waals surface area contributed by atoms with Crippen LogP contribution in [0.3, 0.4) is 0 Å². The number of carboxylic acids is 1. The zero-order valence-corrected chi connectivity index (χ0v) is 9.19. The van der Waals surface area contributed by atoms with E-state index in [2.05, 4.69) is 5.32 Å². The second-order valence-corrected chi connectivity index (χ2v) is 4.69. The van der Waals surface area contributed by atoms with Gasteiger partial charge in [-0.25, -0.2) is 0 Å². The summed E-state index contributed by atoms with van der Waals surface area (Å²) in [6, 6.07) is 0.0641. The molecule has 2 atom stereocenters. The maximum atomic E-state index is 11.8. The Labute approximate surface area is 94.7 Å². The number of carboxylic acid groups (broad SMARTS) is 1. The number of carbonyl (C=O) groups is 2. The third kappa shape index (κ3) is 2.43. The minimum atomic E-state index is -0.737. The smallest absolute Gasteiger partial charge is 0.306 e. The van der Waals surface area contributed by atoms with Gasteiger partial charge in [0.1, 0.15) is 0 Å². The van der Waals surface area contributed by atoms with Crippen molar-refractivity contribution in [3.8, 4) is 0 Å². The van der Waals surface area contributed by atoms with Gasteiger partial charge in [-0.2, -0.15) is 0 Å². The predicted octanol–water partition coefficient (Wildman–Crippen LogP) is 1.32. The van der Waals surface area contributed by atoms with Crippen molar-refractivity contribution in [1.29, 1.82) is 0 Å². The molecule has 16 heavy (non-hydrogen) atoms. The summed E-state index contributed by atoms with van der Waals surface area (Å²) in [5.41, 5.74) is 0. The van der Waals surface area contributed by atoms with Crippen LogP contribution in [-0.2, 0) is 9.59 Å². The highest BCUT2D eigenvalue weighted by Crippen LogP contribution is 2.26. The van der Waals surface area contributed by atoms with Crippen molar-refractivity contribution < 1.29 is 14.7 Å². The first-order chi connectivity index (χ1) is 7.66. The highest BCUT2D eigenvalue weighted by Gasteiger charge is 2.31. The van der Waals surface area contributed by atoms with Crippen LogP contribution < -0.4 is 5.32 Å². The molecule has 2 rings (SSSR count). The Morgan fingerprint density at radius 1 is 1.12 bits per heavy atom. The molecule has 2 aliphatic rings. The average molecular weight is 223 g/mol. The molecule has 2 aliphatic carbocycles. The van der Waals surface area contributed by atoms with E-state index in [-0.39, 0.29) is 23.8 Å². The molecule has 88 valence electrons. The van der Waals surface area contributed by atoms with Gasteiger partial charge >= 0.3 is 5.97 Å². The summed E-state index contributed by atoms with van der Waals surface area (Å²) in [6.07, 6.45) is 7.76. The van der Waals surface area contributed by atoms with E-state index in [0.717, 1.165) is 19.3 Å². The van der Waals surface area contributed by atoms with Crippen molar-refractivity contribution in [1.82, 2.24) is 5.32 Å². The van der Waals surface area contributed by atoms with Gasteiger partial charge in [0, 0.05) is 12.0 Å². The maximum absolute atomic E-state index is 11.8. The van der Waals surface area contributed by atoms with Crippen LogP contribution in [0.25, 0.3) is 0 Å². The fourth-order valence-electron chi connectivity index (χ4n) is 2.49. The van der Waals surface area contributed by atoms with E-state index in [9.17, 15) is 9.59 Å². The molecule has 0 aromatic rings. The van der Waals surface area contributed by atoms with Gasteiger partial charge in [0.2, 0.25) is 5.91 Å². The number of rotatable bonds is 3. The van der Waals surface area contributed by atoms with Crippen molar-refractivity contribution in [2.75, 3.05) is 0 Å². The topological polar surface area (TPSA) is 66.4 Å². The van der Waals surface area contributed by atoms with E-state index >= 15 is 0 Å². The molecule has 0 unspecified atom stereocenters. The zero-order valence-electron chi connectivity index (χ0n) is 9.19. The summed E-state index contributed by atoms with van der Waals surface area (Å²) >= 11 is 0. The second kappa shape index (κ2) is 4.68. The summed E-state index contributed by atoms with van der Waals surface area (Å²) in [7, 11) is 0. The number of allylic oxidation sites excluding steroid dienone is 2. The maximum Gasteiger partial charge on any atom is 0.306 e. The number of carbonyl (C=O) groups excluding carboxylic acids is 1. The number of hydrogen-bond acceptors (Lipinski definition) is 2. The normalized spacial score (nSPS) is 29.5. The van der Waals surface area contributed by atoms with E-state index in [1.165, 1.54) is 0 Å². The lowest BCUT2D eigenvalue weighted by molar-refractivity contribution is -0.141. The molecule has 0 heterocycles. The van der Waals surface area contributed by atoms with E-state index < -0.39 is 5.97 Å². The highest BCUT2D eigenvalue weighted by molar-refractivity contribution is 5.80. The van der Waals surface area contributed by atoms with Crippen molar-refractivity contribution >= 4 is 11.9 Å². The third-order valence-electron chi connectivity index (χ3n) is 3.51. The first-order valence-corrected chi connectivity index (χ1v) is 5.85. The van der Waals surface area contributed by atoms with E-state index in [1.807, 2.05) is 12.2 Å². The highest BCUT2D eigenvalue weighted by atomic mass is 16.4. The number of nitrogens with one attached hydrogen (secondary N) is 1. The van der Waals surface area contributed by atoms with Crippen molar-refractivity contribution in [3.63, 3.8) is 0 Å². The van der Waals surface area contributed by atoms with Gasteiger partial charge in [-0.05, 0) is 32.1 Å². The summed E-state index contributed by atoms with van der Waals surface area (Å²) < 4.78 is 0. The van der Waals surface area contributed by atoms with Crippen molar-refractivity contribution in [2.24, 2.45) is 11.8 Å². The van der Waals surface area contributed by atoms with E-state index in [0.29, 0.717) is 12.8 Å². The lowest BCUT2D eigenvalue weighted by atomic mass is 10.1. The Morgan fingerprint density at radius 3 is 2.38 bits per heavy atom. The third-order valence-corrected chi connectivity index (χ3v) is 3.51. The van der Waals surface area contributed by atoms with E-state index in [1.54, 1.807) is 0 Å². The molecular formula is C12H17NO3. The Balaban J connectivity index is 1.78. The molecule has 0 radical (unpaired) electrons. The van der Waals surface area contributed by atoms with Crippen LogP contribution in [0.15, 0.2) is 12.2 Å². The average Bonchev–Trinajstić information content (AvgIpc) is 2.87. The van der Waals surface area contributed by atoms with Gasteiger partial charge in [-0.3, -0.25) is 9.59 Å². The Kier molecular flexibility index (Phi) is 3.27. The molecule has 1 saturated carbocycles. The molecule has 4 heteroatoms. The Hall–Kier alpha value is -1.32. The second-order valence-electron chi connectivity index (χ2n) is 4.69. The molecule has 0 aromatic heterocycles. The minimum Gasteiger partial charge on any atom is -0.481 e. The molecule has 1 amide bonds. The van der Waals surface area contributed by atoms with E-state index in [4.69, 9.17) is 5.11 Å². The molecule has 0 saturated heterocycles. The summed E-state index contributed by atoms with van der Waals surface area (Å²) in [5, 5.41) is 11.8. The standard InChI is InChI=1S/C12H17NO3/c14-11(8-3-1-2-4-8)13-10-6-5-9(7-10)12(15)16/h1-2,8-10H,3-7H2,(H,13,14)(H,15,16)/t9-,10-/m1/s1. The van der Waals surface area contributed by atoms with Crippen LogP contribution in [-0.4, -0.2) is 23.0 Å². The first-order valence-electron chi connectivity index (χ1n) is 5.85. The Morgan fingerprint density at radius 2 is 1.81 bits per heavy atom. The molecule has 0 spiro atoms. The zero-order chi connectivity index (χ0) is 11.5. The van der Waals surface area contributed by atoms with Crippen LogP contribution in [0, 0.1) is 11.8 Å². The van der Waals surface area contributed by atoms with Gasteiger partial charge in [0.05, 0.1) is 5.92 Å². The van der Waals surface area contributed by atoms with Gasteiger partial charge < -0.3 is 10.4 Å². The number of amides is 1. The first kappa shape index (κ1) is 11.2. The van der Waals surface area contributed by atoms with Crippen LogP contribution in [0.1, 0.15) is 32.1 Å². The van der Waals surface area contributed by atoms with Crippen LogP contribution in [0.2, 0.25) is 0 Å². The summed E-state index contributed by atoms with van der Waals surface area (Å²) in [5.74, 6) is -0.851. The molecular weight excluding hydrogens is 206 g/mol. The molecule has 2 N–H and O–H groups in total. The molecule has 1 fully saturated rings. The van der Waals surface area contributed by atoms with Gasteiger partial charge in [0.15, 0.2) is 0 Å². The number of hydrogen-bond donors (Lipinski definition) is 2. The largest absolute Gasteiger partial charge is 0.481 e. The number of aliphatic carboxylic acids is 1. The fourth-order valence-corrected chi connectivity index (χ4v) is 2.49. The monoisotopic (exact) mass is 223 g/mol. The summed E-state index contributed by atoms with van der Waals surface area (Å²) in [4.78, 5) is 22.5. The molecule has 4 nitrogen and oxygen atoms in total. The quantitative estimate of drug-likeness (QED) is 0.709. The van der Waals surface area contributed by atoms with Crippen LogP contribution in [0.5, 0.6) is 0 Å². The van der Waals surface area contributed by atoms with Crippen LogP contribution >= 0.6 is 0 Å². The van der Waals surface area contributed by atoms with Crippen molar-refractivity contribution in [3.05, 3.63) is 12.2 Å². The lowest BCUT2D eigenvalue weighted by Crippen LogP contribution is -2.37. The minimum absolute atomic E-state index is 0.0641. The van der Waals surface area contributed by atoms with Gasteiger partial charge in [-0.15, -0.1) is 0 Å². The SMILES string of the molecule is O=C(N[C@@H]1CC[C@@H](C(=O)O)C1)C1CC=CC1. The predicted molar refractivity (Wildman–Crippen MR) is 58.8 cm³/mol. The fraction of sp³-hybridized carbons (Fsp3) is 0.667. The lowest BCUT2D eigenvalue weighted by Gasteiger charge is -2.15. The van der Waals surface area contributed by atoms with Gasteiger partial charge in [-0.1, -0.05) is 12.2 Å². The molecule has 0 aliphatic heterocycles. The van der Waals surface area contributed by atoms with Gasteiger partial charge in [0.25, 0.3) is 0 Å².